The first-order chi connectivity index (χ1) is 1.91. The fourth-order valence-corrected chi connectivity index (χ4v) is 0. The number of rotatable bonds is 0. The summed E-state index contributed by atoms with van der Waals surface area (Å²) in [6.07, 6.45) is 0. The lowest BCUT2D eigenvalue weighted by Gasteiger charge is -1.07. The SMILES string of the molecule is [N-]=[N+]=[N+]F. The van der Waals surface area contributed by atoms with Crippen LogP contribution in [0.4, 0.5) is 4.48 Å². The van der Waals surface area contributed by atoms with E-state index >= 15 is 0 Å². The molecule has 0 aromatic heterocycles. The molecular formula is FN3+. The molecule has 0 unspecified atom stereocenters. The molecule has 4 heteroatoms. The summed E-state index contributed by atoms with van der Waals surface area (Å²) >= 11 is 0. The maximum absolute atomic E-state index is 9.93. The van der Waals surface area contributed by atoms with E-state index in [1.807, 2.05) is 0 Å². The normalized spacial score (nSPS) is 4.25. The lowest BCUT2D eigenvalue weighted by molar-refractivity contribution is 0.445. The van der Waals surface area contributed by atoms with Crippen molar-refractivity contribution in [3.8, 4) is 0 Å². The molecule has 0 amide bonds. The van der Waals surface area contributed by atoms with Crippen molar-refractivity contribution in [1.82, 2.24) is 5.34 Å². The third-order valence-corrected chi connectivity index (χ3v) is 0.0338. The summed E-state index contributed by atoms with van der Waals surface area (Å²) in [6.45, 7) is 0. The largest absolute Gasteiger partial charge is 0.358 e. The van der Waals surface area contributed by atoms with Crippen molar-refractivity contribution in [2.45, 2.75) is 0 Å². The zero-order valence-electron chi connectivity index (χ0n) is 1.72. The van der Waals surface area contributed by atoms with Gasteiger partial charge >= 0.3 is 10.9 Å². The molecule has 0 fully saturated rings. The Bertz CT molecular complexity index is 41.2. The summed E-state index contributed by atoms with van der Waals surface area (Å²) < 4.78 is 9.93. The zero-order valence-corrected chi connectivity index (χ0v) is 1.72. The molecule has 4 heavy (non-hydrogen) atoms. The maximum atomic E-state index is 9.93. The Balaban J connectivity index is 3.11. The summed E-state index contributed by atoms with van der Waals surface area (Å²) in [6, 6.07) is 0. The predicted octanol–water partition coefficient (Wildman–Crippen LogP) is 0.517. The summed E-state index contributed by atoms with van der Waals surface area (Å²) in [5.41, 5.74) is 6.96. The average molecular weight is 61.0 g/mol. The van der Waals surface area contributed by atoms with Crippen LogP contribution in [0.15, 0.2) is 0 Å². The second-order valence-corrected chi connectivity index (χ2v) is 0.165. The molecule has 0 aromatic carbocycles. The minimum Gasteiger partial charge on any atom is 0.00218 e. The highest BCUT2D eigenvalue weighted by Crippen LogP contribution is 1.37. The third kappa shape index (κ3) is 1.24. The first kappa shape index (κ1) is 3.24. The minimum atomic E-state index is 1.42. The van der Waals surface area contributed by atoms with E-state index in [1.54, 1.807) is 4.91 Å². The highest BCUT2D eigenvalue weighted by Gasteiger charge is 1.57. The molecule has 0 heterocycles. The Morgan fingerprint density at radius 2 is 2.00 bits per heavy atom. The topological polar surface area (TPSA) is 50.5 Å². The van der Waals surface area contributed by atoms with Crippen LogP contribution in [-0.2, 0) is 0 Å². The molecule has 0 aromatic rings. The fourth-order valence-electron chi connectivity index (χ4n) is 0. The van der Waals surface area contributed by atoms with Crippen molar-refractivity contribution in [2.24, 2.45) is 0 Å². The number of hydrogen-bond acceptors (Lipinski definition) is 1. The van der Waals surface area contributed by atoms with Crippen LogP contribution in [0.25, 0.3) is 10.4 Å². The molecule has 0 spiro atoms. The first-order valence-electron chi connectivity index (χ1n) is 0.569. The molecule has 0 saturated carbocycles. The number of hydrogen-bond donors (Lipinski definition) is 0. The van der Waals surface area contributed by atoms with Gasteiger partial charge < -0.3 is 0 Å². The van der Waals surface area contributed by atoms with Crippen LogP contribution in [0.2, 0.25) is 0 Å². The molecule has 0 aliphatic rings. The van der Waals surface area contributed by atoms with E-state index in [4.69, 9.17) is 5.53 Å². The monoisotopic (exact) mass is 61.0 g/mol. The first-order valence-corrected chi connectivity index (χ1v) is 0.569. The molecule has 0 bridgehead atoms. The number of halogens is 1. The molecular weight excluding hydrogens is 61.0 g/mol. The van der Waals surface area contributed by atoms with Gasteiger partial charge in [0.2, 0.25) is 0 Å². The van der Waals surface area contributed by atoms with E-state index in [9.17, 15) is 4.48 Å². The van der Waals surface area contributed by atoms with Gasteiger partial charge in [0.25, 0.3) is 4.91 Å². The van der Waals surface area contributed by atoms with E-state index in [0.717, 1.165) is 0 Å². The molecule has 0 atom stereocenters. The van der Waals surface area contributed by atoms with E-state index < -0.39 is 0 Å². The van der Waals surface area contributed by atoms with Gasteiger partial charge in [0.1, 0.15) is 0 Å². The van der Waals surface area contributed by atoms with Crippen LogP contribution in [0, 0.1) is 0 Å². The Hall–Kier alpha value is -0.760. The van der Waals surface area contributed by atoms with Crippen LogP contribution < -0.4 is 5.34 Å². The summed E-state index contributed by atoms with van der Waals surface area (Å²) in [7, 11) is 0. The van der Waals surface area contributed by atoms with E-state index in [2.05, 4.69) is 0 Å². The fraction of sp³-hybridized carbons (Fsp3) is 0. The van der Waals surface area contributed by atoms with Gasteiger partial charge in [-0.2, -0.15) is 0 Å². The van der Waals surface area contributed by atoms with E-state index in [0.29, 0.717) is 0 Å². The molecule has 21 valence electrons. The van der Waals surface area contributed by atoms with Crippen molar-refractivity contribution in [3.05, 3.63) is 10.4 Å². The van der Waals surface area contributed by atoms with Gasteiger partial charge in [-0.1, -0.05) is 0 Å². The van der Waals surface area contributed by atoms with Crippen LogP contribution in [0.3, 0.4) is 0 Å². The van der Waals surface area contributed by atoms with Crippen molar-refractivity contribution >= 4 is 0 Å². The Morgan fingerprint density at radius 3 is 2.00 bits per heavy atom. The van der Waals surface area contributed by atoms with Gasteiger partial charge in [-0.25, -0.2) is 0 Å². The Morgan fingerprint density at radius 1 is 1.75 bits per heavy atom. The standard InChI is InChI=1S/FN3/c1-3-4-2/q+1. The molecule has 0 saturated heterocycles. The van der Waals surface area contributed by atoms with Gasteiger partial charge in [-0.15, -0.1) is 0 Å². The van der Waals surface area contributed by atoms with Gasteiger partial charge in [-0.3, -0.25) is 0 Å². The minimum absolute atomic E-state index is 1.42. The number of azide groups is 1. The van der Waals surface area contributed by atoms with Gasteiger partial charge in [0, 0.05) is 4.48 Å². The maximum Gasteiger partial charge on any atom is 0.358 e. The van der Waals surface area contributed by atoms with Crippen LogP contribution >= 0.6 is 0 Å². The molecule has 3 nitrogen and oxygen atoms in total. The quantitative estimate of drug-likeness (QED) is 0.223. The van der Waals surface area contributed by atoms with Crippen LogP contribution in [0.5, 0.6) is 0 Å². The van der Waals surface area contributed by atoms with Crippen molar-refractivity contribution in [3.63, 3.8) is 0 Å². The number of nitrogens with zero attached hydrogens (tertiary/aromatic N) is 3. The van der Waals surface area contributed by atoms with Crippen LogP contribution in [0.1, 0.15) is 0 Å². The Labute approximate surface area is 21.6 Å². The Kier molecular flexibility index (Phi) is 1.81. The molecule has 0 aliphatic carbocycles. The smallest absolute Gasteiger partial charge is 0.00218 e. The average Bonchev–Trinajstić information content (AvgIpc) is 1.37. The highest BCUT2D eigenvalue weighted by molar-refractivity contribution is 4.22. The van der Waals surface area contributed by atoms with Crippen molar-refractivity contribution in [1.29, 1.82) is 0 Å². The highest BCUT2D eigenvalue weighted by atomic mass is 19.2. The van der Waals surface area contributed by atoms with Gasteiger partial charge in [0.05, 0.1) is 0 Å². The summed E-state index contributed by atoms with van der Waals surface area (Å²) in [5, 5.41) is 1.42. The lowest BCUT2D eigenvalue weighted by Crippen LogP contribution is -1.39. The predicted molar refractivity (Wildman–Crippen MR) is 9.96 cm³/mol. The zero-order chi connectivity index (χ0) is 3.41. The molecule has 0 aliphatic heterocycles. The molecule has 0 rings (SSSR count). The summed E-state index contributed by atoms with van der Waals surface area (Å²) in [4.78, 5) is 1.69. The van der Waals surface area contributed by atoms with E-state index in [-0.39, 0.29) is 0 Å². The second kappa shape index (κ2) is 2.24. The van der Waals surface area contributed by atoms with Crippen molar-refractivity contribution < 1.29 is 4.48 Å². The molecule has 1 radical (unpaired) electrons. The summed E-state index contributed by atoms with van der Waals surface area (Å²) in [5.74, 6) is 0. The molecule has 0 N–H and O–H groups in total. The van der Waals surface area contributed by atoms with Crippen LogP contribution in [-0.4, -0.2) is 0 Å². The van der Waals surface area contributed by atoms with Gasteiger partial charge in [0.15, 0.2) is 0 Å². The van der Waals surface area contributed by atoms with Crippen molar-refractivity contribution in [2.75, 3.05) is 0 Å². The second-order valence-electron chi connectivity index (χ2n) is 0.165. The third-order valence-electron chi connectivity index (χ3n) is 0.0338. The lowest BCUT2D eigenvalue weighted by atomic mass is 13.0. The van der Waals surface area contributed by atoms with E-state index in [1.165, 1.54) is 5.34 Å². The van der Waals surface area contributed by atoms with Gasteiger partial charge in [-0.05, 0) is 0 Å².